The van der Waals surface area contributed by atoms with Gasteiger partial charge in [0.2, 0.25) is 0 Å². The van der Waals surface area contributed by atoms with Crippen molar-refractivity contribution in [2.45, 2.75) is 32.1 Å². The average Bonchev–Trinajstić information content (AvgIpc) is 2.31. The van der Waals surface area contributed by atoms with E-state index in [9.17, 15) is 0 Å². The summed E-state index contributed by atoms with van der Waals surface area (Å²) >= 11 is 0. The van der Waals surface area contributed by atoms with Crippen LogP contribution >= 0.6 is 0 Å². The van der Waals surface area contributed by atoms with Gasteiger partial charge in [-0.25, -0.2) is 0 Å². The largest absolute Gasteiger partial charge is 0.330 e. The van der Waals surface area contributed by atoms with Crippen LogP contribution in [0.1, 0.15) is 32.1 Å². The molecule has 0 aliphatic heterocycles. The maximum atomic E-state index is 5.42. The van der Waals surface area contributed by atoms with Crippen LogP contribution in [0, 0.1) is 0 Å². The predicted octanol–water partition coefficient (Wildman–Crippen LogP) is 0.294. The lowest BCUT2D eigenvalue weighted by Gasteiger charge is -2.06. The summed E-state index contributed by atoms with van der Waals surface area (Å²) in [7, 11) is 2.00. The Balaban J connectivity index is 2.83. The van der Waals surface area contributed by atoms with Crippen molar-refractivity contribution >= 4 is 0 Å². The Morgan fingerprint density at radius 2 is 1.19 bits per heavy atom. The molecule has 0 rings (SSSR count). The molecule has 0 radical (unpaired) electrons. The molecule has 98 valence electrons. The lowest BCUT2D eigenvalue weighted by atomic mass is 10.3. The normalized spacial score (nSPS) is 10.9. The Labute approximate surface area is 101 Å². The summed E-state index contributed by atoms with van der Waals surface area (Å²) in [6.45, 7) is 6.45. The maximum Gasteiger partial charge on any atom is -0.00368 e. The van der Waals surface area contributed by atoms with Crippen molar-refractivity contribution in [3.63, 3.8) is 0 Å². The highest BCUT2D eigenvalue weighted by Crippen LogP contribution is 1.85. The van der Waals surface area contributed by atoms with Crippen LogP contribution in [0.3, 0.4) is 0 Å². The second kappa shape index (κ2) is 14.8. The van der Waals surface area contributed by atoms with E-state index in [1.54, 1.807) is 0 Å². The van der Waals surface area contributed by atoms with Crippen LogP contribution in [0.4, 0.5) is 0 Å². The molecule has 0 unspecified atom stereocenters. The highest BCUT2D eigenvalue weighted by molar-refractivity contribution is 4.53. The highest BCUT2D eigenvalue weighted by Gasteiger charge is 1.90. The molecule has 0 aromatic carbocycles. The fraction of sp³-hybridized carbons (Fsp3) is 1.00. The number of unbranched alkanes of at least 4 members (excludes halogenated alkanes) is 2. The SMILES string of the molecule is CNCCCCNCCCNCCCCN. The zero-order valence-corrected chi connectivity index (χ0v) is 10.9. The fourth-order valence-electron chi connectivity index (χ4n) is 1.53. The Morgan fingerprint density at radius 3 is 1.75 bits per heavy atom. The standard InChI is InChI=1S/C12H30N4/c1-14-8-4-5-10-16-12-6-11-15-9-3-2-7-13/h14-16H,2-13H2,1H3. The van der Waals surface area contributed by atoms with E-state index < -0.39 is 0 Å². The molecule has 0 atom stereocenters. The molecule has 0 fully saturated rings. The van der Waals surface area contributed by atoms with E-state index in [-0.39, 0.29) is 0 Å². The van der Waals surface area contributed by atoms with Crippen LogP contribution in [0.25, 0.3) is 0 Å². The highest BCUT2D eigenvalue weighted by atomic mass is 14.9. The molecule has 4 heteroatoms. The zero-order chi connectivity index (χ0) is 11.9. The molecule has 0 aromatic rings. The third kappa shape index (κ3) is 13.8. The molecule has 0 spiro atoms. The second-order valence-corrected chi connectivity index (χ2v) is 4.16. The van der Waals surface area contributed by atoms with Gasteiger partial charge in [0.15, 0.2) is 0 Å². The molecule has 0 aliphatic carbocycles. The topological polar surface area (TPSA) is 62.1 Å². The van der Waals surface area contributed by atoms with Crippen LogP contribution < -0.4 is 21.7 Å². The summed E-state index contributed by atoms with van der Waals surface area (Å²) in [5.41, 5.74) is 5.42. The molecular weight excluding hydrogens is 200 g/mol. The molecule has 5 N–H and O–H groups in total. The summed E-state index contributed by atoms with van der Waals surface area (Å²) < 4.78 is 0. The summed E-state index contributed by atoms with van der Waals surface area (Å²) in [6, 6.07) is 0. The zero-order valence-electron chi connectivity index (χ0n) is 10.9. The van der Waals surface area contributed by atoms with Crippen LogP contribution in [0.15, 0.2) is 0 Å². The molecule has 0 heterocycles. The first kappa shape index (κ1) is 15.8. The van der Waals surface area contributed by atoms with E-state index in [1.165, 1.54) is 25.7 Å². The minimum absolute atomic E-state index is 0.815. The molecule has 16 heavy (non-hydrogen) atoms. The average molecular weight is 230 g/mol. The van der Waals surface area contributed by atoms with Gasteiger partial charge in [-0.15, -0.1) is 0 Å². The fourth-order valence-corrected chi connectivity index (χ4v) is 1.53. The maximum absolute atomic E-state index is 5.42. The van der Waals surface area contributed by atoms with Gasteiger partial charge in [-0.3, -0.25) is 0 Å². The lowest BCUT2D eigenvalue weighted by Crippen LogP contribution is -2.24. The molecule has 0 bridgehead atoms. The van der Waals surface area contributed by atoms with E-state index in [0.29, 0.717) is 0 Å². The van der Waals surface area contributed by atoms with E-state index in [0.717, 1.165) is 45.7 Å². The number of rotatable bonds is 13. The van der Waals surface area contributed by atoms with E-state index in [2.05, 4.69) is 16.0 Å². The Bertz CT molecular complexity index is 106. The van der Waals surface area contributed by atoms with Crippen molar-refractivity contribution < 1.29 is 0 Å². The minimum Gasteiger partial charge on any atom is -0.330 e. The Kier molecular flexibility index (Phi) is 14.7. The van der Waals surface area contributed by atoms with Gasteiger partial charge in [0.05, 0.1) is 0 Å². The first-order valence-electron chi connectivity index (χ1n) is 6.68. The predicted molar refractivity (Wildman–Crippen MR) is 71.8 cm³/mol. The number of nitrogens with one attached hydrogen (secondary N) is 3. The lowest BCUT2D eigenvalue weighted by molar-refractivity contribution is 0.559. The quantitative estimate of drug-likeness (QED) is 0.344. The van der Waals surface area contributed by atoms with E-state index in [4.69, 9.17) is 5.73 Å². The third-order valence-electron chi connectivity index (χ3n) is 2.55. The van der Waals surface area contributed by atoms with Crippen LogP contribution in [-0.4, -0.2) is 46.3 Å². The molecule has 4 nitrogen and oxygen atoms in total. The Hall–Kier alpha value is -0.160. The molecule has 0 amide bonds. The van der Waals surface area contributed by atoms with Crippen molar-refractivity contribution in [3.05, 3.63) is 0 Å². The smallest absolute Gasteiger partial charge is 0.00368 e. The summed E-state index contributed by atoms with van der Waals surface area (Å²) in [4.78, 5) is 0. The molecule has 0 aliphatic rings. The van der Waals surface area contributed by atoms with Gasteiger partial charge < -0.3 is 21.7 Å². The number of hydrogen-bond acceptors (Lipinski definition) is 4. The number of hydrogen-bond donors (Lipinski definition) is 4. The molecule has 0 aromatic heterocycles. The van der Waals surface area contributed by atoms with Gasteiger partial charge in [0.25, 0.3) is 0 Å². The molecule has 0 saturated heterocycles. The van der Waals surface area contributed by atoms with Crippen molar-refractivity contribution in [1.29, 1.82) is 0 Å². The van der Waals surface area contributed by atoms with Crippen LogP contribution in [0.2, 0.25) is 0 Å². The molecule has 0 saturated carbocycles. The summed E-state index contributed by atoms with van der Waals surface area (Å²) in [5.74, 6) is 0. The first-order chi connectivity index (χ1) is 7.91. The van der Waals surface area contributed by atoms with Gasteiger partial charge in [-0.2, -0.15) is 0 Å². The second-order valence-electron chi connectivity index (χ2n) is 4.16. The van der Waals surface area contributed by atoms with Gasteiger partial charge >= 0.3 is 0 Å². The molecular formula is C12H30N4. The third-order valence-corrected chi connectivity index (χ3v) is 2.55. The van der Waals surface area contributed by atoms with Gasteiger partial charge in [-0.1, -0.05) is 0 Å². The van der Waals surface area contributed by atoms with E-state index >= 15 is 0 Å². The van der Waals surface area contributed by atoms with Crippen LogP contribution in [-0.2, 0) is 0 Å². The van der Waals surface area contributed by atoms with Crippen molar-refractivity contribution in [1.82, 2.24) is 16.0 Å². The summed E-state index contributed by atoms with van der Waals surface area (Å²) in [5, 5.41) is 10.0. The van der Waals surface area contributed by atoms with Gasteiger partial charge in [-0.05, 0) is 78.4 Å². The first-order valence-corrected chi connectivity index (χ1v) is 6.68. The van der Waals surface area contributed by atoms with Crippen molar-refractivity contribution in [2.24, 2.45) is 5.73 Å². The van der Waals surface area contributed by atoms with Crippen LogP contribution in [0.5, 0.6) is 0 Å². The van der Waals surface area contributed by atoms with Gasteiger partial charge in [0.1, 0.15) is 0 Å². The van der Waals surface area contributed by atoms with E-state index in [1.807, 2.05) is 7.05 Å². The van der Waals surface area contributed by atoms with Gasteiger partial charge in [0, 0.05) is 0 Å². The monoisotopic (exact) mass is 230 g/mol. The minimum atomic E-state index is 0.815. The van der Waals surface area contributed by atoms with Crippen molar-refractivity contribution in [3.8, 4) is 0 Å². The number of nitrogens with two attached hydrogens (primary N) is 1. The summed E-state index contributed by atoms with van der Waals surface area (Å²) in [6.07, 6.45) is 6.09. The Morgan fingerprint density at radius 1 is 0.688 bits per heavy atom. The van der Waals surface area contributed by atoms with Crippen molar-refractivity contribution in [2.75, 3.05) is 46.3 Å².